The zero-order chi connectivity index (χ0) is 11.0. The van der Waals surface area contributed by atoms with Gasteiger partial charge in [0.25, 0.3) is 5.90 Å². The third-order valence-corrected chi connectivity index (χ3v) is 1.90. The van der Waals surface area contributed by atoms with Crippen LogP contribution in [0.4, 0.5) is 0 Å². The first-order valence-electron chi connectivity index (χ1n) is 5.10. The molecule has 82 valence electrons. The summed E-state index contributed by atoms with van der Waals surface area (Å²) in [6.45, 7) is 8.61. The van der Waals surface area contributed by atoms with Crippen molar-refractivity contribution in [1.82, 2.24) is 0 Å². The molecule has 1 unspecified atom stereocenters. The zero-order valence-corrected chi connectivity index (χ0v) is 9.83. The van der Waals surface area contributed by atoms with Gasteiger partial charge in [0.2, 0.25) is 0 Å². The van der Waals surface area contributed by atoms with Crippen molar-refractivity contribution in [2.45, 2.75) is 40.2 Å². The smallest absolute Gasteiger partial charge is 0.252 e. The zero-order valence-electron chi connectivity index (χ0n) is 9.83. The highest BCUT2D eigenvalue weighted by atomic mass is 16.5. The molecule has 14 heavy (non-hydrogen) atoms. The summed E-state index contributed by atoms with van der Waals surface area (Å²) in [6, 6.07) is 0.265. The van der Waals surface area contributed by atoms with E-state index in [2.05, 4.69) is 18.8 Å². The van der Waals surface area contributed by atoms with Gasteiger partial charge in [-0.3, -0.25) is 0 Å². The lowest BCUT2D eigenvalue weighted by Crippen LogP contribution is -2.13. The molecule has 0 spiro atoms. The summed E-state index contributed by atoms with van der Waals surface area (Å²) in [5.41, 5.74) is 0. The molecule has 3 heteroatoms. The lowest BCUT2D eigenvalue weighted by molar-refractivity contribution is 0.262. The number of methoxy groups -OCH3 is 1. The maximum Gasteiger partial charge on any atom is 0.252 e. The van der Waals surface area contributed by atoms with E-state index >= 15 is 0 Å². The van der Waals surface area contributed by atoms with Crippen molar-refractivity contribution in [2.75, 3.05) is 13.7 Å². The molecule has 0 aliphatic carbocycles. The summed E-state index contributed by atoms with van der Waals surface area (Å²) >= 11 is 0. The van der Waals surface area contributed by atoms with Crippen LogP contribution in [0.2, 0.25) is 0 Å². The van der Waals surface area contributed by atoms with Gasteiger partial charge in [-0.15, -0.1) is 0 Å². The summed E-state index contributed by atoms with van der Waals surface area (Å²) in [7, 11) is 1.63. The van der Waals surface area contributed by atoms with Crippen LogP contribution in [-0.4, -0.2) is 25.7 Å². The fourth-order valence-corrected chi connectivity index (χ4v) is 0.929. The molecule has 1 atom stereocenters. The van der Waals surface area contributed by atoms with Crippen LogP contribution < -0.4 is 0 Å². The fourth-order valence-electron chi connectivity index (χ4n) is 0.929. The largest absolute Gasteiger partial charge is 0.492 e. The van der Waals surface area contributed by atoms with E-state index < -0.39 is 0 Å². The van der Waals surface area contributed by atoms with Gasteiger partial charge in [-0.1, -0.05) is 6.92 Å². The topological polar surface area (TPSA) is 30.8 Å². The van der Waals surface area contributed by atoms with Gasteiger partial charge in [0, 0.05) is 0 Å². The van der Waals surface area contributed by atoms with Crippen molar-refractivity contribution in [3.05, 3.63) is 11.8 Å². The van der Waals surface area contributed by atoms with Crippen LogP contribution in [0.15, 0.2) is 16.8 Å². The number of ether oxygens (including phenoxy) is 2. The monoisotopic (exact) mass is 199 g/mol. The third kappa shape index (κ3) is 4.30. The highest BCUT2D eigenvalue weighted by Gasteiger charge is 2.08. The molecule has 0 fully saturated rings. The van der Waals surface area contributed by atoms with Crippen molar-refractivity contribution >= 4 is 5.90 Å². The Morgan fingerprint density at radius 1 is 1.43 bits per heavy atom. The molecule has 3 nitrogen and oxygen atoms in total. The second-order valence-electron chi connectivity index (χ2n) is 2.98. The molecule has 0 aromatic rings. The van der Waals surface area contributed by atoms with E-state index in [4.69, 9.17) is 9.47 Å². The standard InChI is InChI=1S/C11H21NO2/c1-6-9(4)12-11(14-8-3)10(7-2)13-5/h7,9H,6,8H2,1-5H3/b10-7+,12-11+. The Hall–Kier alpha value is -0.990. The third-order valence-electron chi connectivity index (χ3n) is 1.90. The first-order chi connectivity index (χ1) is 6.69. The first-order valence-corrected chi connectivity index (χ1v) is 5.10. The van der Waals surface area contributed by atoms with Crippen LogP contribution in [-0.2, 0) is 9.47 Å². The highest BCUT2D eigenvalue weighted by molar-refractivity contribution is 5.91. The number of allylic oxidation sites excluding steroid dienone is 1. The molecule has 0 saturated carbocycles. The van der Waals surface area contributed by atoms with Gasteiger partial charge < -0.3 is 9.47 Å². The second kappa shape index (κ2) is 7.42. The van der Waals surface area contributed by atoms with Gasteiger partial charge in [-0.25, -0.2) is 4.99 Å². The lowest BCUT2D eigenvalue weighted by atomic mass is 10.3. The molecule has 0 radical (unpaired) electrons. The number of hydrogen-bond acceptors (Lipinski definition) is 3. The molecular weight excluding hydrogens is 178 g/mol. The van der Waals surface area contributed by atoms with Gasteiger partial charge in [0.15, 0.2) is 5.76 Å². The number of aliphatic imine (C=N–C) groups is 1. The molecule has 0 heterocycles. The molecule has 0 saturated heterocycles. The lowest BCUT2D eigenvalue weighted by Gasteiger charge is -2.12. The van der Waals surface area contributed by atoms with Crippen molar-refractivity contribution in [3.8, 4) is 0 Å². The van der Waals surface area contributed by atoms with Gasteiger partial charge in [0.05, 0.1) is 19.8 Å². The quantitative estimate of drug-likeness (QED) is 0.387. The molecule has 0 amide bonds. The average molecular weight is 199 g/mol. The van der Waals surface area contributed by atoms with Gasteiger partial charge in [-0.2, -0.15) is 0 Å². The average Bonchev–Trinajstić information content (AvgIpc) is 2.19. The minimum atomic E-state index is 0.265. The SMILES string of the molecule is C/C=C(OC)\C(=N/C(C)CC)OCC. The summed E-state index contributed by atoms with van der Waals surface area (Å²) in [5, 5.41) is 0. The summed E-state index contributed by atoms with van der Waals surface area (Å²) < 4.78 is 10.6. The predicted octanol–water partition coefficient (Wildman–Crippen LogP) is 2.77. The van der Waals surface area contributed by atoms with E-state index in [1.807, 2.05) is 19.9 Å². The van der Waals surface area contributed by atoms with Crippen LogP contribution in [0.1, 0.15) is 34.1 Å². The molecule has 0 rings (SSSR count). The van der Waals surface area contributed by atoms with Crippen LogP contribution in [0, 0.1) is 0 Å². The number of rotatable bonds is 5. The Balaban J connectivity index is 4.64. The van der Waals surface area contributed by atoms with E-state index in [-0.39, 0.29) is 6.04 Å². The predicted molar refractivity (Wildman–Crippen MR) is 59.6 cm³/mol. The van der Waals surface area contributed by atoms with Crippen LogP contribution in [0.25, 0.3) is 0 Å². The fraction of sp³-hybridized carbons (Fsp3) is 0.727. The van der Waals surface area contributed by atoms with Crippen molar-refractivity contribution in [3.63, 3.8) is 0 Å². The summed E-state index contributed by atoms with van der Waals surface area (Å²) in [4.78, 5) is 4.43. The van der Waals surface area contributed by atoms with E-state index in [0.29, 0.717) is 18.3 Å². The van der Waals surface area contributed by atoms with Gasteiger partial charge in [0.1, 0.15) is 0 Å². The van der Waals surface area contributed by atoms with Crippen molar-refractivity contribution in [2.24, 2.45) is 4.99 Å². The Labute approximate surface area is 86.8 Å². The molecule has 0 aromatic carbocycles. The number of hydrogen-bond donors (Lipinski definition) is 0. The molecule has 0 bridgehead atoms. The summed E-state index contributed by atoms with van der Waals surface area (Å²) in [5.74, 6) is 1.30. The first kappa shape index (κ1) is 13.0. The molecular formula is C11H21NO2. The second-order valence-corrected chi connectivity index (χ2v) is 2.98. The normalized spacial score (nSPS) is 15.2. The molecule has 0 aliphatic heterocycles. The van der Waals surface area contributed by atoms with Crippen LogP contribution >= 0.6 is 0 Å². The molecule has 0 N–H and O–H groups in total. The minimum Gasteiger partial charge on any atom is -0.492 e. The van der Waals surface area contributed by atoms with E-state index in [1.165, 1.54) is 0 Å². The molecule has 0 aromatic heterocycles. The van der Waals surface area contributed by atoms with Gasteiger partial charge >= 0.3 is 0 Å². The van der Waals surface area contributed by atoms with Crippen LogP contribution in [0.5, 0.6) is 0 Å². The Morgan fingerprint density at radius 3 is 2.43 bits per heavy atom. The number of nitrogens with zero attached hydrogens (tertiary/aromatic N) is 1. The Bertz CT molecular complexity index is 209. The van der Waals surface area contributed by atoms with E-state index in [1.54, 1.807) is 7.11 Å². The van der Waals surface area contributed by atoms with E-state index in [9.17, 15) is 0 Å². The van der Waals surface area contributed by atoms with Gasteiger partial charge in [-0.05, 0) is 33.3 Å². The Morgan fingerprint density at radius 2 is 2.07 bits per heavy atom. The van der Waals surface area contributed by atoms with Crippen molar-refractivity contribution in [1.29, 1.82) is 0 Å². The van der Waals surface area contributed by atoms with E-state index in [0.717, 1.165) is 6.42 Å². The molecule has 0 aliphatic rings. The maximum absolute atomic E-state index is 5.42. The highest BCUT2D eigenvalue weighted by Crippen LogP contribution is 2.05. The van der Waals surface area contributed by atoms with Crippen LogP contribution in [0.3, 0.4) is 0 Å². The summed E-state index contributed by atoms with van der Waals surface area (Å²) in [6.07, 6.45) is 2.86. The maximum atomic E-state index is 5.42. The van der Waals surface area contributed by atoms with Crippen molar-refractivity contribution < 1.29 is 9.47 Å². The Kier molecular flexibility index (Phi) is 6.89. The minimum absolute atomic E-state index is 0.265.